The molecule has 1 aromatic rings. The average molecular weight is 379 g/mol. The average Bonchev–Trinajstić information content (AvgIpc) is 2.60. The van der Waals surface area contributed by atoms with Crippen LogP contribution in [-0.4, -0.2) is 25.7 Å². The summed E-state index contributed by atoms with van der Waals surface area (Å²) in [6.07, 6.45) is 7.65. The molecule has 0 spiro atoms. The normalized spacial score (nSPS) is 32.4. The zero-order valence-corrected chi connectivity index (χ0v) is 15.8. The molecule has 1 amide bonds. The molecular weight excluding hydrogens is 352 g/mol. The van der Waals surface area contributed by atoms with E-state index in [-0.39, 0.29) is 28.9 Å². The van der Waals surface area contributed by atoms with Gasteiger partial charge in [-0.25, -0.2) is 0 Å². The second-order valence-corrected chi connectivity index (χ2v) is 8.72. The minimum absolute atomic E-state index is 0.0694. The highest BCUT2D eigenvalue weighted by Gasteiger charge is 2.53. The fraction of sp³-hybridized carbons (Fsp3) is 0.667. The predicted octanol–water partition coefficient (Wildman–Crippen LogP) is 4.63. The number of rotatable bonds is 6. The lowest BCUT2D eigenvalue weighted by Crippen LogP contribution is -2.55. The topological polar surface area (TPSA) is 47.6 Å². The Bertz CT molecular complexity index is 686. The maximum absolute atomic E-state index is 12.8. The first-order chi connectivity index (χ1) is 12.9. The fourth-order valence-corrected chi connectivity index (χ4v) is 6.15. The largest absolute Gasteiger partial charge is 0.493 e. The quantitative estimate of drug-likeness (QED) is 0.784. The third-order valence-electron chi connectivity index (χ3n) is 6.99. The van der Waals surface area contributed by atoms with Gasteiger partial charge < -0.3 is 14.8 Å². The van der Waals surface area contributed by atoms with Crippen LogP contribution >= 0.6 is 0 Å². The highest BCUT2D eigenvalue weighted by Crippen LogP contribution is 2.61. The summed E-state index contributed by atoms with van der Waals surface area (Å²) in [4.78, 5) is 12.8. The van der Waals surface area contributed by atoms with Crippen molar-refractivity contribution in [2.24, 2.45) is 23.2 Å². The minimum atomic E-state index is -2.97. The number of alkyl halides is 2. The lowest BCUT2D eigenvalue weighted by Gasteiger charge is -2.59. The summed E-state index contributed by atoms with van der Waals surface area (Å²) in [5, 5.41) is 3.15. The van der Waals surface area contributed by atoms with Crippen molar-refractivity contribution in [2.75, 3.05) is 7.11 Å². The first-order valence-corrected chi connectivity index (χ1v) is 9.82. The molecule has 5 rings (SSSR count). The molecule has 4 fully saturated rings. The molecule has 0 aromatic heterocycles. The second kappa shape index (κ2) is 6.95. The summed E-state index contributed by atoms with van der Waals surface area (Å²) in [6, 6.07) is 4.47. The van der Waals surface area contributed by atoms with Gasteiger partial charge in [0.2, 0.25) is 0 Å². The molecule has 0 radical (unpaired) electrons. The van der Waals surface area contributed by atoms with Crippen LogP contribution in [0.3, 0.4) is 0 Å². The molecule has 4 saturated carbocycles. The molecule has 6 heteroatoms. The summed E-state index contributed by atoms with van der Waals surface area (Å²) < 4.78 is 34.8. The monoisotopic (exact) mass is 379 g/mol. The van der Waals surface area contributed by atoms with Gasteiger partial charge in [-0.2, -0.15) is 8.78 Å². The second-order valence-electron chi connectivity index (χ2n) is 8.72. The Morgan fingerprint density at radius 2 is 1.70 bits per heavy atom. The minimum Gasteiger partial charge on any atom is -0.493 e. The molecule has 4 bridgehead atoms. The van der Waals surface area contributed by atoms with E-state index in [9.17, 15) is 13.6 Å². The lowest BCUT2D eigenvalue weighted by molar-refractivity contribution is -0.0688. The molecule has 0 aliphatic heterocycles. The highest BCUT2D eigenvalue weighted by atomic mass is 19.3. The fourth-order valence-electron chi connectivity index (χ4n) is 6.15. The predicted molar refractivity (Wildman–Crippen MR) is 97.2 cm³/mol. The number of nitrogens with one attached hydrogen (secondary N) is 1. The Balaban J connectivity index is 1.49. The van der Waals surface area contributed by atoms with Crippen LogP contribution < -0.4 is 14.8 Å². The van der Waals surface area contributed by atoms with Crippen molar-refractivity contribution in [3.05, 3.63) is 23.8 Å². The molecule has 4 aliphatic carbocycles. The van der Waals surface area contributed by atoms with Crippen molar-refractivity contribution in [1.82, 2.24) is 5.32 Å². The number of carbonyl (C=O) groups is 1. The van der Waals surface area contributed by atoms with Gasteiger partial charge in [0.05, 0.1) is 7.11 Å². The number of hydrogen-bond donors (Lipinski definition) is 1. The van der Waals surface area contributed by atoms with Crippen molar-refractivity contribution >= 4 is 5.91 Å². The Hall–Kier alpha value is -1.85. The zero-order chi connectivity index (χ0) is 19.2. The Morgan fingerprint density at radius 3 is 2.22 bits per heavy atom. The van der Waals surface area contributed by atoms with Gasteiger partial charge in [-0.1, -0.05) is 0 Å². The van der Waals surface area contributed by atoms with E-state index in [2.05, 4.69) is 17.0 Å². The van der Waals surface area contributed by atoms with Crippen molar-refractivity contribution in [2.45, 2.75) is 58.1 Å². The molecule has 1 N–H and O–H groups in total. The van der Waals surface area contributed by atoms with Crippen LogP contribution in [0.25, 0.3) is 0 Å². The maximum Gasteiger partial charge on any atom is 0.387 e. The lowest BCUT2D eigenvalue weighted by atomic mass is 9.48. The van der Waals surface area contributed by atoms with E-state index in [1.54, 1.807) is 6.07 Å². The van der Waals surface area contributed by atoms with E-state index in [1.807, 2.05) is 0 Å². The van der Waals surface area contributed by atoms with Crippen LogP contribution in [-0.2, 0) is 0 Å². The Kier molecular flexibility index (Phi) is 4.77. The van der Waals surface area contributed by atoms with Gasteiger partial charge >= 0.3 is 6.61 Å². The Morgan fingerprint density at radius 1 is 1.11 bits per heavy atom. The summed E-state index contributed by atoms with van der Waals surface area (Å²) in [5.74, 6) is 2.23. The Labute approximate surface area is 158 Å². The van der Waals surface area contributed by atoms with E-state index in [4.69, 9.17) is 4.74 Å². The summed E-state index contributed by atoms with van der Waals surface area (Å²) >= 11 is 0. The van der Waals surface area contributed by atoms with Crippen LogP contribution in [0.1, 0.15) is 55.8 Å². The van der Waals surface area contributed by atoms with Crippen molar-refractivity contribution in [3.8, 4) is 11.5 Å². The van der Waals surface area contributed by atoms with Gasteiger partial charge in [0, 0.05) is 11.6 Å². The van der Waals surface area contributed by atoms with E-state index < -0.39 is 6.61 Å². The van der Waals surface area contributed by atoms with Crippen LogP contribution in [0.5, 0.6) is 11.5 Å². The van der Waals surface area contributed by atoms with Gasteiger partial charge in [-0.3, -0.25) is 4.79 Å². The summed E-state index contributed by atoms with van der Waals surface area (Å²) in [7, 11) is 1.38. The van der Waals surface area contributed by atoms with Gasteiger partial charge in [0.1, 0.15) is 0 Å². The van der Waals surface area contributed by atoms with E-state index >= 15 is 0 Å². The third-order valence-corrected chi connectivity index (χ3v) is 6.99. The van der Waals surface area contributed by atoms with E-state index in [0.717, 1.165) is 17.8 Å². The first-order valence-electron chi connectivity index (χ1n) is 9.82. The molecule has 27 heavy (non-hydrogen) atoms. The highest BCUT2D eigenvalue weighted by molar-refractivity contribution is 5.95. The number of methoxy groups -OCH3 is 1. The standard InChI is InChI=1S/C21H27F2NO3/c1-12(21-9-13-5-14(10-21)7-15(6-13)11-21)24-19(25)16-3-4-17(26-2)18(8-16)27-20(22)23/h3-4,8,12-15,20H,5-7,9-11H2,1-2H3,(H,24,25). The number of carbonyl (C=O) groups excluding carboxylic acids is 1. The number of ether oxygens (including phenoxy) is 2. The summed E-state index contributed by atoms with van der Waals surface area (Å²) in [6.45, 7) is -0.867. The van der Waals surface area contributed by atoms with Gasteiger partial charge in [-0.15, -0.1) is 0 Å². The molecule has 4 nitrogen and oxygen atoms in total. The molecule has 0 heterocycles. The molecule has 1 atom stereocenters. The maximum atomic E-state index is 12.8. The molecule has 0 saturated heterocycles. The first kappa shape index (κ1) is 18.5. The molecular formula is C21H27F2NO3. The SMILES string of the molecule is COc1ccc(C(=O)NC(C)C23CC4CC(CC(C4)C2)C3)cc1OC(F)F. The van der Waals surface area contributed by atoms with Crippen molar-refractivity contribution in [3.63, 3.8) is 0 Å². The smallest absolute Gasteiger partial charge is 0.387 e. The van der Waals surface area contributed by atoms with Crippen LogP contribution in [0.15, 0.2) is 18.2 Å². The van der Waals surface area contributed by atoms with E-state index in [0.29, 0.717) is 5.56 Å². The van der Waals surface area contributed by atoms with Crippen molar-refractivity contribution in [1.29, 1.82) is 0 Å². The van der Waals surface area contributed by atoms with Gasteiger partial charge in [0.25, 0.3) is 5.91 Å². The molecule has 4 aliphatic rings. The van der Waals surface area contributed by atoms with E-state index in [1.165, 1.54) is 57.8 Å². The number of amides is 1. The molecule has 1 aromatic carbocycles. The molecule has 148 valence electrons. The van der Waals surface area contributed by atoms with Gasteiger partial charge in [-0.05, 0) is 86.8 Å². The number of benzene rings is 1. The number of hydrogen-bond acceptors (Lipinski definition) is 3. The zero-order valence-electron chi connectivity index (χ0n) is 15.8. The van der Waals surface area contributed by atoms with Crippen LogP contribution in [0, 0.1) is 23.2 Å². The van der Waals surface area contributed by atoms with Gasteiger partial charge in [0.15, 0.2) is 11.5 Å². The van der Waals surface area contributed by atoms with Crippen LogP contribution in [0.4, 0.5) is 8.78 Å². The number of halogens is 2. The van der Waals surface area contributed by atoms with Crippen LogP contribution in [0.2, 0.25) is 0 Å². The van der Waals surface area contributed by atoms with Crippen molar-refractivity contribution < 1.29 is 23.0 Å². The summed E-state index contributed by atoms with van der Waals surface area (Å²) in [5.41, 5.74) is 0.502. The molecule has 1 unspecified atom stereocenters. The third kappa shape index (κ3) is 3.50.